The molecule has 0 spiro atoms. The second kappa shape index (κ2) is 11.6. The maximum Gasteiger partial charge on any atom is 0.416 e. The van der Waals surface area contributed by atoms with Crippen molar-refractivity contribution in [2.75, 3.05) is 20.2 Å². The Labute approximate surface area is 211 Å². The smallest absolute Gasteiger partial charge is 0.416 e. The molecule has 3 aromatic rings. The van der Waals surface area contributed by atoms with Crippen LogP contribution in [-0.4, -0.2) is 42.1 Å². The fraction of sp³-hybridized carbons (Fsp3) is 0.269. The van der Waals surface area contributed by atoms with Crippen LogP contribution in [0.25, 0.3) is 17.0 Å². The number of oxazole rings is 1. The zero-order valence-electron chi connectivity index (χ0n) is 20.5. The quantitative estimate of drug-likeness (QED) is 0.391. The number of urea groups is 1. The molecule has 8 nitrogen and oxygen atoms in total. The van der Waals surface area contributed by atoms with Crippen molar-refractivity contribution < 1.29 is 36.7 Å². The molecule has 0 aliphatic rings. The van der Waals surface area contributed by atoms with Crippen LogP contribution in [0.2, 0.25) is 0 Å². The molecule has 0 aliphatic heterocycles. The van der Waals surface area contributed by atoms with E-state index in [0.717, 1.165) is 28.2 Å². The Bertz CT molecular complexity index is 1280. The van der Waals surface area contributed by atoms with Crippen molar-refractivity contribution in [3.8, 4) is 17.2 Å². The van der Waals surface area contributed by atoms with E-state index >= 15 is 0 Å². The van der Waals surface area contributed by atoms with Gasteiger partial charge in [-0.15, -0.1) is 0 Å². The number of amides is 2. The predicted octanol–water partition coefficient (Wildman–Crippen LogP) is 5.20. The lowest BCUT2D eigenvalue weighted by molar-refractivity contribution is -0.141. The van der Waals surface area contributed by atoms with Crippen LogP contribution in [0, 0.1) is 6.92 Å². The van der Waals surface area contributed by atoms with Crippen LogP contribution in [0.3, 0.4) is 0 Å². The van der Waals surface area contributed by atoms with Crippen molar-refractivity contribution in [2.24, 2.45) is 5.73 Å². The lowest BCUT2D eigenvalue weighted by Gasteiger charge is -2.17. The molecule has 2 amide bonds. The minimum absolute atomic E-state index is 0.0801. The van der Waals surface area contributed by atoms with Crippen molar-refractivity contribution in [3.05, 3.63) is 77.2 Å². The van der Waals surface area contributed by atoms with Crippen molar-refractivity contribution in [3.63, 3.8) is 0 Å². The van der Waals surface area contributed by atoms with Gasteiger partial charge in [-0.3, -0.25) is 4.79 Å². The number of ether oxygens (including phenoxy) is 2. The molecule has 0 saturated carbocycles. The largest absolute Gasteiger partial charge is 0.487 e. The standard InChI is InChI=1S/C26H26F3N3O5/c1-16(11-12-32(25(30)34)14-23(33)35-3)19-5-4-6-21(13-19)36-15-22-17(2)37-24(31-22)18-7-9-20(10-8-18)26(27,28)29/h4-11,13H,12,14-15H2,1-3H3,(H2,30,34)/b16-11+. The first-order valence-electron chi connectivity index (χ1n) is 11.1. The van der Waals surface area contributed by atoms with Gasteiger partial charge < -0.3 is 24.5 Å². The molecule has 1 aromatic heterocycles. The average Bonchev–Trinajstić information content (AvgIpc) is 3.24. The SMILES string of the molecule is COC(=O)CN(C/C=C(\C)c1cccc(OCc2nc(-c3ccc(C(F)(F)F)cc3)oc2C)c1)C(N)=O. The Morgan fingerprint density at radius 2 is 1.86 bits per heavy atom. The van der Waals surface area contributed by atoms with E-state index < -0.39 is 23.7 Å². The number of methoxy groups -OCH3 is 1. The number of carbonyl (C=O) groups excluding carboxylic acids is 2. The number of aromatic nitrogens is 1. The fourth-order valence-electron chi connectivity index (χ4n) is 3.29. The molecule has 11 heteroatoms. The number of halogens is 3. The highest BCUT2D eigenvalue weighted by Crippen LogP contribution is 2.31. The molecule has 0 unspecified atom stereocenters. The van der Waals surface area contributed by atoms with Gasteiger partial charge in [0.25, 0.3) is 0 Å². The summed E-state index contributed by atoms with van der Waals surface area (Å²) in [5.41, 5.74) is 7.15. The summed E-state index contributed by atoms with van der Waals surface area (Å²) in [6, 6.07) is 11.0. The number of primary amides is 1. The van der Waals surface area contributed by atoms with Crippen LogP contribution < -0.4 is 10.5 Å². The number of nitrogens with zero attached hydrogens (tertiary/aromatic N) is 2. The van der Waals surface area contributed by atoms with Gasteiger partial charge in [-0.1, -0.05) is 18.2 Å². The summed E-state index contributed by atoms with van der Waals surface area (Å²) in [7, 11) is 1.23. The Morgan fingerprint density at radius 1 is 1.16 bits per heavy atom. The molecule has 0 aliphatic carbocycles. The van der Waals surface area contributed by atoms with E-state index in [9.17, 15) is 22.8 Å². The van der Waals surface area contributed by atoms with Crippen LogP contribution in [0.5, 0.6) is 5.75 Å². The molecular weight excluding hydrogens is 491 g/mol. The minimum atomic E-state index is -4.42. The number of carbonyl (C=O) groups is 2. The molecule has 2 aromatic carbocycles. The molecule has 0 atom stereocenters. The van der Waals surface area contributed by atoms with Gasteiger partial charge in [-0.25, -0.2) is 9.78 Å². The highest BCUT2D eigenvalue weighted by atomic mass is 19.4. The van der Waals surface area contributed by atoms with Gasteiger partial charge >= 0.3 is 18.2 Å². The first-order chi connectivity index (χ1) is 17.5. The lowest BCUT2D eigenvalue weighted by Crippen LogP contribution is -2.40. The third kappa shape index (κ3) is 7.35. The number of rotatable bonds is 9. The van der Waals surface area contributed by atoms with E-state index in [1.165, 1.54) is 19.2 Å². The van der Waals surface area contributed by atoms with Crippen molar-refractivity contribution in [1.29, 1.82) is 0 Å². The number of alkyl halides is 3. The molecule has 0 saturated heterocycles. The van der Waals surface area contributed by atoms with E-state index in [4.69, 9.17) is 14.9 Å². The number of allylic oxidation sites excluding steroid dienone is 1. The molecule has 0 radical (unpaired) electrons. The van der Waals surface area contributed by atoms with Crippen molar-refractivity contribution >= 4 is 17.6 Å². The third-order valence-electron chi connectivity index (χ3n) is 5.49. The van der Waals surface area contributed by atoms with E-state index in [-0.39, 0.29) is 25.6 Å². The summed E-state index contributed by atoms with van der Waals surface area (Å²) in [5, 5.41) is 0. The van der Waals surface area contributed by atoms with Gasteiger partial charge in [0.15, 0.2) is 0 Å². The van der Waals surface area contributed by atoms with Crippen molar-refractivity contribution in [2.45, 2.75) is 26.6 Å². The molecule has 0 bridgehead atoms. The van der Waals surface area contributed by atoms with E-state index in [0.29, 0.717) is 22.8 Å². The summed E-state index contributed by atoms with van der Waals surface area (Å²) in [6.45, 7) is 3.48. The third-order valence-corrected chi connectivity index (χ3v) is 5.49. The summed E-state index contributed by atoms with van der Waals surface area (Å²) in [6.07, 6.45) is -2.67. The second-order valence-corrected chi connectivity index (χ2v) is 8.10. The maximum atomic E-state index is 12.8. The summed E-state index contributed by atoms with van der Waals surface area (Å²) >= 11 is 0. The Kier molecular flexibility index (Phi) is 8.59. The number of esters is 1. The number of nitrogens with two attached hydrogens (primary N) is 1. The highest BCUT2D eigenvalue weighted by molar-refractivity contribution is 5.80. The molecule has 0 fully saturated rings. The Balaban J connectivity index is 1.67. The van der Waals surface area contributed by atoms with Crippen LogP contribution in [0.15, 0.2) is 59.0 Å². The first-order valence-corrected chi connectivity index (χ1v) is 11.1. The van der Waals surface area contributed by atoms with Crippen LogP contribution in [0.1, 0.15) is 29.5 Å². The van der Waals surface area contributed by atoms with Crippen LogP contribution in [-0.2, 0) is 22.3 Å². The maximum absolute atomic E-state index is 12.8. The molecule has 2 N–H and O–H groups in total. The van der Waals surface area contributed by atoms with Gasteiger partial charge in [0.1, 0.15) is 30.4 Å². The second-order valence-electron chi connectivity index (χ2n) is 8.10. The normalized spacial score (nSPS) is 11.8. The number of benzene rings is 2. The number of hydrogen-bond donors (Lipinski definition) is 1. The predicted molar refractivity (Wildman–Crippen MR) is 129 cm³/mol. The van der Waals surface area contributed by atoms with Gasteiger partial charge in [0, 0.05) is 12.1 Å². The van der Waals surface area contributed by atoms with E-state index in [1.54, 1.807) is 31.2 Å². The summed E-state index contributed by atoms with van der Waals surface area (Å²) < 4.78 is 54.5. The van der Waals surface area contributed by atoms with Crippen LogP contribution >= 0.6 is 0 Å². The van der Waals surface area contributed by atoms with Gasteiger partial charge in [-0.05, 0) is 61.4 Å². The summed E-state index contributed by atoms with van der Waals surface area (Å²) in [4.78, 5) is 28.6. The van der Waals surface area contributed by atoms with Gasteiger partial charge in [0.05, 0.1) is 12.7 Å². The molecule has 1 heterocycles. The summed E-state index contributed by atoms with van der Waals surface area (Å²) in [5.74, 6) is 0.650. The van der Waals surface area contributed by atoms with Crippen LogP contribution in [0.4, 0.5) is 18.0 Å². The zero-order chi connectivity index (χ0) is 27.2. The zero-order valence-corrected chi connectivity index (χ0v) is 20.5. The molecule has 196 valence electrons. The topological polar surface area (TPSA) is 108 Å². The Hall–Kier alpha value is -4.28. The average molecular weight is 518 g/mol. The van der Waals surface area contributed by atoms with E-state index in [1.807, 2.05) is 13.0 Å². The Morgan fingerprint density at radius 3 is 2.49 bits per heavy atom. The van der Waals surface area contributed by atoms with E-state index in [2.05, 4.69) is 9.72 Å². The lowest BCUT2D eigenvalue weighted by atomic mass is 10.1. The minimum Gasteiger partial charge on any atom is -0.487 e. The molecule has 37 heavy (non-hydrogen) atoms. The van der Waals surface area contributed by atoms with Gasteiger partial charge in [0.2, 0.25) is 5.89 Å². The first kappa shape index (κ1) is 27.3. The number of aryl methyl sites for hydroxylation is 1. The van der Waals surface area contributed by atoms with Gasteiger partial charge in [-0.2, -0.15) is 13.2 Å². The highest BCUT2D eigenvalue weighted by Gasteiger charge is 2.30. The molecular formula is C26H26F3N3O5. The number of hydrogen-bond acceptors (Lipinski definition) is 6. The monoisotopic (exact) mass is 517 g/mol. The molecule has 3 rings (SSSR count). The fourth-order valence-corrected chi connectivity index (χ4v) is 3.29. The van der Waals surface area contributed by atoms with Crippen molar-refractivity contribution in [1.82, 2.24) is 9.88 Å².